The summed E-state index contributed by atoms with van der Waals surface area (Å²) in [6, 6.07) is 28.9. The fourth-order valence-corrected chi connectivity index (χ4v) is 6.37. The van der Waals surface area contributed by atoms with Gasteiger partial charge in [0.2, 0.25) is 5.60 Å². The van der Waals surface area contributed by atoms with Crippen molar-refractivity contribution >= 4 is 11.8 Å². The second-order valence-corrected chi connectivity index (χ2v) is 10.3. The number of ether oxygens (including phenoxy) is 5. The minimum Gasteiger partial charge on any atom is -0.497 e. The summed E-state index contributed by atoms with van der Waals surface area (Å²) in [6.07, 6.45) is 0. The lowest BCUT2D eigenvalue weighted by molar-refractivity contribution is -0.155. The Hall–Kier alpha value is -4.82. The number of benzene rings is 4. The van der Waals surface area contributed by atoms with Gasteiger partial charge in [0.05, 0.1) is 32.8 Å². The molecule has 1 unspecified atom stereocenters. The van der Waals surface area contributed by atoms with Gasteiger partial charge in [-0.15, -0.1) is 0 Å². The van der Waals surface area contributed by atoms with Crippen molar-refractivity contribution in [2.24, 2.45) is 5.92 Å². The molecule has 1 fully saturated rings. The highest BCUT2D eigenvalue weighted by Crippen LogP contribution is 2.69. The zero-order chi connectivity index (χ0) is 29.5. The van der Waals surface area contributed by atoms with E-state index in [0.29, 0.717) is 22.6 Å². The molecule has 6 rings (SSSR count). The molecule has 0 aromatic heterocycles. The predicted octanol–water partition coefficient (Wildman–Crippen LogP) is 4.91. The highest BCUT2D eigenvalue weighted by molar-refractivity contribution is 6.10. The van der Waals surface area contributed by atoms with Crippen LogP contribution in [-0.4, -0.2) is 38.2 Å². The zero-order valence-corrected chi connectivity index (χ0v) is 23.4. The number of carbonyl (C=O) groups is 2. The van der Waals surface area contributed by atoms with E-state index in [1.54, 1.807) is 43.5 Å². The van der Waals surface area contributed by atoms with Crippen LogP contribution in [0, 0.1) is 5.92 Å². The lowest BCUT2D eigenvalue weighted by Crippen LogP contribution is -2.50. The molecule has 8 nitrogen and oxygen atoms in total. The fraction of sp³-hybridized carbons (Fsp3) is 0.235. The van der Waals surface area contributed by atoms with Crippen LogP contribution in [0.1, 0.15) is 28.2 Å². The summed E-state index contributed by atoms with van der Waals surface area (Å²) in [6.45, 7) is 0.284. The summed E-state index contributed by atoms with van der Waals surface area (Å²) < 4.78 is 29.1. The summed E-state index contributed by atoms with van der Waals surface area (Å²) >= 11 is 0. The van der Waals surface area contributed by atoms with E-state index in [1.165, 1.54) is 14.2 Å². The Morgan fingerprint density at radius 3 is 2.14 bits per heavy atom. The van der Waals surface area contributed by atoms with Crippen LogP contribution in [0.4, 0.5) is 0 Å². The quantitative estimate of drug-likeness (QED) is 0.237. The molecule has 4 aromatic rings. The Kier molecular flexibility index (Phi) is 6.86. The smallest absolute Gasteiger partial charge is 0.317 e. The molecule has 214 valence electrons. The molecule has 8 heteroatoms. The van der Waals surface area contributed by atoms with Crippen LogP contribution in [-0.2, 0) is 32.1 Å². The van der Waals surface area contributed by atoms with Crippen molar-refractivity contribution in [3.8, 4) is 23.0 Å². The van der Waals surface area contributed by atoms with E-state index in [-0.39, 0.29) is 23.7 Å². The number of ketones is 1. The molecule has 4 aromatic carbocycles. The predicted molar refractivity (Wildman–Crippen MR) is 153 cm³/mol. The van der Waals surface area contributed by atoms with Crippen molar-refractivity contribution in [1.82, 2.24) is 0 Å². The number of hydrogen-bond donors (Lipinski definition) is 1. The molecule has 1 saturated carbocycles. The third kappa shape index (κ3) is 3.94. The van der Waals surface area contributed by atoms with Gasteiger partial charge in [-0.3, -0.25) is 9.59 Å². The van der Waals surface area contributed by atoms with Crippen LogP contribution >= 0.6 is 0 Å². The summed E-state index contributed by atoms with van der Waals surface area (Å²) in [5, 5.41) is 12.8. The highest BCUT2D eigenvalue weighted by Gasteiger charge is 2.78. The maximum Gasteiger partial charge on any atom is 0.317 e. The second kappa shape index (κ2) is 10.5. The lowest BCUT2D eigenvalue weighted by Gasteiger charge is -2.39. The van der Waals surface area contributed by atoms with Crippen LogP contribution in [0.25, 0.3) is 0 Å². The summed E-state index contributed by atoms with van der Waals surface area (Å²) in [4.78, 5) is 27.8. The normalized spacial score (nSPS) is 23.9. The first-order chi connectivity index (χ1) is 20.4. The molecule has 1 aliphatic heterocycles. The number of carbonyl (C=O) groups excluding carboxylic acids is 2. The van der Waals surface area contributed by atoms with Gasteiger partial charge >= 0.3 is 5.97 Å². The van der Waals surface area contributed by atoms with Crippen LogP contribution < -0.4 is 18.9 Å². The number of methoxy groups -OCH3 is 3. The number of fused-ring (bicyclic) bond motifs is 3. The summed E-state index contributed by atoms with van der Waals surface area (Å²) in [5.74, 6) is -2.42. The number of aliphatic hydroxyl groups is 1. The van der Waals surface area contributed by atoms with E-state index < -0.39 is 34.8 Å². The first-order valence-electron chi connectivity index (χ1n) is 13.5. The number of rotatable bonds is 8. The number of hydrogen-bond acceptors (Lipinski definition) is 8. The maximum absolute atomic E-state index is 14.5. The molecule has 42 heavy (non-hydrogen) atoms. The highest BCUT2D eigenvalue weighted by atomic mass is 16.5. The van der Waals surface area contributed by atoms with E-state index in [9.17, 15) is 14.7 Å². The van der Waals surface area contributed by atoms with E-state index in [2.05, 4.69) is 0 Å². The third-order valence-electron chi connectivity index (χ3n) is 8.22. The molecule has 1 aliphatic carbocycles. The molecular formula is C34H30O8. The zero-order valence-electron chi connectivity index (χ0n) is 23.4. The van der Waals surface area contributed by atoms with Crippen molar-refractivity contribution in [1.29, 1.82) is 0 Å². The van der Waals surface area contributed by atoms with Gasteiger partial charge in [0, 0.05) is 17.7 Å². The van der Waals surface area contributed by atoms with Crippen LogP contribution in [0.5, 0.6) is 23.0 Å². The molecule has 1 heterocycles. The monoisotopic (exact) mass is 566 g/mol. The van der Waals surface area contributed by atoms with Gasteiger partial charge in [-0.25, -0.2) is 0 Å². The standard InChI is InChI=1S/C34H30O8/c1-38-24-16-14-23(15-17-24)34-29(22-12-8-5-9-13-22)28(32(36)40-3)31(35)33(34,37)30-26(39-2)18-25(19-27(30)42-34)41-20-21-10-6-4-7-11-21/h4-19,28-29,37H,20H2,1-3H3/t28?,29-,33+,34+/m1/s1. The van der Waals surface area contributed by atoms with Crippen molar-refractivity contribution in [3.05, 3.63) is 119 Å². The molecule has 2 aliphatic rings. The van der Waals surface area contributed by atoms with Crippen LogP contribution in [0.2, 0.25) is 0 Å². The molecule has 0 saturated heterocycles. The first kappa shape index (κ1) is 27.4. The van der Waals surface area contributed by atoms with Crippen LogP contribution in [0.15, 0.2) is 97.1 Å². The average molecular weight is 567 g/mol. The van der Waals surface area contributed by atoms with E-state index in [0.717, 1.165) is 5.56 Å². The van der Waals surface area contributed by atoms with Gasteiger partial charge in [0.25, 0.3) is 0 Å². The van der Waals surface area contributed by atoms with Crippen molar-refractivity contribution in [2.45, 2.75) is 23.7 Å². The van der Waals surface area contributed by atoms with Gasteiger partial charge in [-0.1, -0.05) is 72.8 Å². The van der Waals surface area contributed by atoms with E-state index >= 15 is 0 Å². The van der Waals surface area contributed by atoms with Crippen molar-refractivity contribution in [2.75, 3.05) is 21.3 Å². The van der Waals surface area contributed by atoms with Crippen LogP contribution in [0.3, 0.4) is 0 Å². The van der Waals surface area contributed by atoms with E-state index in [1.807, 2.05) is 60.7 Å². The number of esters is 1. The minimum absolute atomic E-state index is 0.130. The first-order valence-corrected chi connectivity index (χ1v) is 13.5. The third-order valence-corrected chi connectivity index (χ3v) is 8.22. The van der Waals surface area contributed by atoms with Gasteiger partial charge < -0.3 is 28.8 Å². The minimum atomic E-state index is -2.32. The van der Waals surface area contributed by atoms with E-state index in [4.69, 9.17) is 23.7 Å². The van der Waals surface area contributed by atoms with Gasteiger partial charge in [-0.05, 0) is 23.3 Å². The Morgan fingerprint density at radius 1 is 0.857 bits per heavy atom. The molecular weight excluding hydrogens is 536 g/mol. The average Bonchev–Trinajstić information content (AvgIpc) is 3.42. The molecule has 0 radical (unpaired) electrons. The maximum atomic E-state index is 14.5. The SMILES string of the molecule is COC(=O)C1C(=O)[C@@]2(O)c3c(OC)cc(OCc4ccccc4)cc3O[C@@]2(c2ccc(OC)cc2)[C@@H]1c1ccccc1. The Labute approximate surface area is 243 Å². The molecule has 0 spiro atoms. The Morgan fingerprint density at radius 2 is 1.52 bits per heavy atom. The molecule has 0 bridgehead atoms. The number of Topliss-reactive ketones (excluding diaryl/α,β-unsaturated/α-hetero) is 1. The summed E-state index contributed by atoms with van der Waals surface area (Å²) in [7, 11) is 4.22. The van der Waals surface area contributed by atoms with Crippen molar-refractivity contribution in [3.63, 3.8) is 0 Å². The van der Waals surface area contributed by atoms with Gasteiger partial charge in [0.15, 0.2) is 11.4 Å². The van der Waals surface area contributed by atoms with Gasteiger partial charge in [-0.2, -0.15) is 0 Å². The molecule has 4 atom stereocenters. The Balaban J connectivity index is 1.58. The lowest BCUT2D eigenvalue weighted by atomic mass is 9.70. The topological polar surface area (TPSA) is 101 Å². The Bertz CT molecular complexity index is 1620. The summed E-state index contributed by atoms with van der Waals surface area (Å²) in [5.41, 5.74) is -1.89. The van der Waals surface area contributed by atoms with Crippen molar-refractivity contribution < 1.29 is 38.4 Å². The molecule has 0 amide bonds. The fourth-order valence-electron chi connectivity index (χ4n) is 6.37. The van der Waals surface area contributed by atoms with Gasteiger partial charge in [0.1, 0.15) is 35.5 Å². The second-order valence-electron chi connectivity index (χ2n) is 10.3. The largest absolute Gasteiger partial charge is 0.497 e. The molecule has 1 N–H and O–H groups in total.